The van der Waals surface area contributed by atoms with E-state index < -0.39 is 0 Å². The van der Waals surface area contributed by atoms with E-state index in [0.717, 1.165) is 20.6 Å². The van der Waals surface area contributed by atoms with E-state index in [-0.39, 0.29) is 5.65 Å². The van der Waals surface area contributed by atoms with Gasteiger partial charge < -0.3 is 10.1 Å². The minimum atomic E-state index is 0.287. The van der Waals surface area contributed by atoms with Crippen LogP contribution in [0, 0.1) is 3.57 Å². The zero-order chi connectivity index (χ0) is 19.3. The Morgan fingerprint density at radius 3 is 2.32 bits per heavy atom. The molecule has 4 aromatic rings. The molecule has 0 spiro atoms. The SMILES string of the molecule is COc1ccc(/C=N/Nc2nc3nonc3nc2Nc2ccc(I)cc2)cc1. The van der Waals surface area contributed by atoms with Crippen LogP contribution in [0.3, 0.4) is 0 Å². The van der Waals surface area contributed by atoms with Crippen LogP contribution in [0.5, 0.6) is 5.75 Å². The Morgan fingerprint density at radius 1 is 0.964 bits per heavy atom. The fourth-order valence-electron chi connectivity index (χ4n) is 2.33. The van der Waals surface area contributed by atoms with Gasteiger partial charge in [0.15, 0.2) is 11.6 Å². The fourth-order valence-corrected chi connectivity index (χ4v) is 2.69. The summed E-state index contributed by atoms with van der Waals surface area (Å²) >= 11 is 2.25. The van der Waals surface area contributed by atoms with Gasteiger partial charge in [-0.15, -0.1) is 0 Å². The van der Waals surface area contributed by atoms with E-state index in [1.165, 1.54) is 0 Å². The number of halogens is 1. The van der Waals surface area contributed by atoms with Gasteiger partial charge in [-0.2, -0.15) is 10.1 Å². The van der Waals surface area contributed by atoms with Crippen molar-refractivity contribution in [2.24, 2.45) is 5.10 Å². The van der Waals surface area contributed by atoms with E-state index in [2.05, 4.69) is 58.7 Å². The van der Waals surface area contributed by atoms with Gasteiger partial charge in [-0.1, -0.05) is 0 Å². The van der Waals surface area contributed by atoms with Crippen molar-refractivity contribution in [2.75, 3.05) is 17.9 Å². The molecular weight excluding hydrogens is 473 g/mol. The van der Waals surface area contributed by atoms with Crippen molar-refractivity contribution in [3.63, 3.8) is 0 Å². The summed E-state index contributed by atoms with van der Waals surface area (Å²) in [5.74, 6) is 1.63. The van der Waals surface area contributed by atoms with Crippen LogP contribution in [0.1, 0.15) is 5.56 Å². The number of benzene rings is 2. The van der Waals surface area contributed by atoms with E-state index in [1.807, 2.05) is 48.5 Å². The molecule has 0 saturated heterocycles. The highest BCUT2D eigenvalue weighted by Gasteiger charge is 2.12. The maximum absolute atomic E-state index is 5.15. The zero-order valence-corrected chi connectivity index (χ0v) is 16.8. The summed E-state index contributed by atoms with van der Waals surface area (Å²) in [6.07, 6.45) is 1.67. The smallest absolute Gasteiger partial charge is 0.245 e. The Labute approximate surface area is 173 Å². The van der Waals surface area contributed by atoms with Gasteiger partial charge in [0.25, 0.3) is 0 Å². The van der Waals surface area contributed by atoms with Gasteiger partial charge >= 0.3 is 0 Å². The molecule has 140 valence electrons. The van der Waals surface area contributed by atoms with Crippen LogP contribution < -0.4 is 15.5 Å². The van der Waals surface area contributed by atoms with Crippen molar-refractivity contribution in [1.29, 1.82) is 0 Å². The molecule has 2 N–H and O–H groups in total. The van der Waals surface area contributed by atoms with Crippen molar-refractivity contribution in [1.82, 2.24) is 20.3 Å². The number of nitrogens with one attached hydrogen (secondary N) is 2. The first-order chi connectivity index (χ1) is 13.7. The summed E-state index contributed by atoms with van der Waals surface area (Å²) in [4.78, 5) is 8.77. The third-order valence-electron chi connectivity index (χ3n) is 3.72. The first-order valence-corrected chi connectivity index (χ1v) is 9.25. The van der Waals surface area contributed by atoms with Crippen molar-refractivity contribution < 1.29 is 9.37 Å². The van der Waals surface area contributed by atoms with Crippen LogP contribution in [0.2, 0.25) is 0 Å². The van der Waals surface area contributed by atoms with Gasteiger partial charge in [-0.05, 0) is 87.0 Å². The van der Waals surface area contributed by atoms with Crippen molar-refractivity contribution in [3.8, 4) is 5.75 Å². The monoisotopic (exact) mass is 487 g/mol. The first-order valence-electron chi connectivity index (χ1n) is 8.17. The van der Waals surface area contributed by atoms with E-state index in [9.17, 15) is 0 Å². The lowest BCUT2D eigenvalue weighted by Gasteiger charge is -2.09. The standard InChI is InChI=1S/C18H14IN7O2/c1-27-14-8-2-11(3-9-14)10-20-24-16-15(21-13-6-4-12(19)5-7-13)22-17-18(23-16)26-28-25-17/h2-10H,1H3,(H,21,22,25)(H,23,24,26)/b20-10+. The molecule has 9 nitrogen and oxygen atoms in total. The average Bonchev–Trinajstić information content (AvgIpc) is 3.17. The molecule has 10 heteroatoms. The van der Waals surface area contributed by atoms with Crippen molar-refractivity contribution >= 4 is 57.4 Å². The molecule has 0 aliphatic carbocycles. The van der Waals surface area contributed by atoms with Crippen molar-refractivity contribution in [2.45, 2.75) is 0 Å². The molecule has 28 heavy (non-hydrogen) atoms. The molecule has 4 rings (SSSR count). The van der Waals surface area contributed by atoms with E-state index >= 15 is 0 Å². The molecular formula is C18H14IN7O2. The van der Waals surface area contributed by atoms with Gasteiger partial charge in [0.05, 0.1) is 13.3 Å². The molecule has 0 amide bonds. The lowest BCUT2D eigenvalue weighted by molar-refractivity contribution is 0.314. The normalized spacial score (nSPS) is 11.1. The molecule has 0 bridgehead atoms. The lowest BCUT2D eigenvalue weighted by Crippen LogP contribution is -2.03. The van der Waals surface area contributed by atoms with E-state index in [0.29, 0.717) is 17.3 Å². The number of anilines is 3. The molecule has 0 atom stereocenters. The third-order valence-corrected chi connectivity index (χ3v) is 4.44. The molecule has 0 aliphatic heterocycles. The van der Waals surface area contributed by atoms with Crippen LogP contribution in [-0.4, -0.2) is 33.6 Å². The van der Waals surface area contributed by atoms with Gasteiger partial charge in [0, 0.05) is 9.26 Å². The van der Waals surface area contributed by atoms with Crippen molar-refractivity contribution in [3.05, 3.63) is 57.7 Å². The molecule has 0 unspecified atom stereocenters. The first kappa shape index (κ1) is 18.1. The second-order valence-corrected chi connectivity index (χ2v) is 6.85. The van der Waals surface area contributed by atoms with Gasteiger partial charge in [-0.25, -0.2) is 9.61 Å². The highest BCUT2D eigenvalue weighted by molar-refractivity contribution is 14.1. The maximum atomic E-state index is 5.15. The number of aromatic nitrogens is 4. The predicted octanol–water partition coefficient (Wildman–Crippen LogP) is 3.82. The molecule has 2 aromatic heterocycles. The highest BCUT2D eigenvalue weighted by Crippen LogP contribution is 2.24. The molecule has 0 aliphatic rings. The fraction of sp³-hybridized carbons (Fsp3) is 0.0556. The second-order valence-electron chi connectivity index (χ2n) is 5.61. The van der Waals surface area contributed by atoms with Gasteiger partial charge in [0.1, 0.15) is 5.75 Å². The lowest BCUT2D eigenvalue weighted by atomic mass is 10.2. The summed E-state index contributed by atoms with van der Waals surface area (Å²) in [7, 11) is 1.63. The molecule has 0 fully saturated rings. The summed E-state index contributed by atoms with van der Waals surface area (Å²) in [5, 5.41) is 14.9. The number of fused-ring (bicyclic) bond motifs is 1. The maximum Gasteiger partial charge on any atom is 0.245 e. The minimum absolute atomic E-state index is 0.287. The summed E-state index contributed by atoms with van der Waals surface area (Å²) in [6, 6.07) is 15.4. The minimum Gasteiger partial charge on any atom is -0.497 e. The second kappa shape index (κ2) is 8.17. The largest absolute Gasteiger partial charge is 0.497 e. The van der Waals surface area contributed by atoms with Crippen LogP contribution in [0.15, 0.2) is 58.3 Å². The van der Waals surface area contributed by atoms with E-state index in [4.69, 9.17) is 9.37 Å². The molecule has 2 heterocycles. The number of rotatable bonds is 6. The van der Waals surface area contributed by atoms with Crippen LogP contribution >= 0.6 is 22.6 Å². The Bertz CT molecular complexity index is 1110. The predicted molar refractivity (Wildman–Crippen MR) is 114 cm³/mol. The third kappa shape index (κ3) is 4.17. The number of nitrogens with zero attached hydrogens (tertiary/aromatic N) is 5. The molecule has 0 radical (unpaired) electrons. The summed E-state index contributed by atoms with van der Waals surface area (Å²) < 4.78 is 11.0. The molecule has 0 saturated carbocycles. The van der Waals surface area contributed by atoms with Crippen LogP contribution in [0.4, 0.5) is 17.3 Å². The van der Waals surface area contributed by atoms with Crippen LogP contribution in [-0.2, 0) is 0 Å². The zero-order valence-electron chi connectivity index (χ0n) is 14.6. The van der Waals surface area contributed by atoms with Gasteiger partial charge in [-0.3, -0.25) is 5.43 Å². The quantitative estimate of drug-likeness (QED) is 0.240. The van der Waals surface area contributed by atoms with Crippen LogP contribution in [0.25, 0.3) is 11.3 Å². The van der Waals surface area contributed by atoms with Gasteiger partial charge in [0.2, 0.25) is 11.3 Å². The Hall–Kier alpha value is -3.28. The number of hydrogen-bond acceptors (Lipinski definition) is 9. The number of methoxy groups -OCH3 is 1. The number of hydrogen-bond donors (Lipinski definition) is 2. The summed E-state index contributed by atoms with van der Waals surface area (Å²) in [5.41, 5.74) is 5.24. The molecule has 2 aromatic carbocycles. The number of hydrazone groups is 1. The average molecular weight is 487 g/mol. The Morgan fingerprint density at radius 2 is 1.64 bits per heavy atom. The topological polar surface area (TPSA) is 110 Å². The Kier molecular flexibility index (Phi) is 5.28. The highest BCUT2D eigenvalue weighted by atomic mass is 127. The number of ether oxygens (including phenoxy) is 1. The Balaban J connectivity index is 1.58. The summed E-state index contributed by atoms with van der Waals surface area (Å²) in [6.45, 7) is 0. The van der Waals surface area contributed by atoms with E-state index in [1.54, 1.807) is 13.3 Å².